The van der Waals surface area contributed by atoms with E-state index < -0.39 is 4.92 Å². The van der Waals surface area contributed by atoms with Gasteiger partial charge < -0.3 is 4.74 Å². The van der Waals surface area contributed by atoms with Crippen LogP contribution in [0.5, 0.6) is 11.6 Å². The average molecular weight is 351 g/mol. The van der Waals surface area contributed by atoms with Crippen molar-refractivity contribution < 1.29 is 9.66 Å². The molecule has 0 unspecified atom stereocenters. The fraction of sp³-hybridized carbons (Fsp3) is 0.111. The Bertz CT molecular complexity index is 911. The maximum Gasteiger partial charge on any atom is 0.374 e. The molecule has 0 aliphatic carbocycles. The Morgan fingerprint density at radius 2 is 1.69 bits per heavy atom. The summed E-state index contributed by atoms with van der Waals surface area (Å²) >= 11 is 0. The number of rotatable bonds is 6. The van der Waals surface area contributed by atoms with Crippen molar-refractivity contribution in [2.24, 2.45) is 0 Å². The molecule has 0 saturated carbocycles. The average Bonchev–Trinajstić information content (AvgIpc) is 2.60. The monoisotopic (exact) mass is 351 g/mol. The molecular weight excluding hydrogens is 334 g/mol. The number of para-hydroxylation sites is 1. The van der Waals surface area contributed by atoms with Gasteiger partial charge in [0.15, 0.2) is 0 Å². The van der Waals surface area contributed by atoms with Gasteiger partial charge in [0.05, 0.1) is 10.6 Å². The first-order chi connectivity index (χ1) is 12.5. The van der Waals surface area contributed by atoms with Crippen molar-refractivity contribution in [1.29, 1.82) is 0 Å². The number of aromatic nitrogens is 2. The van der Waals surface area contributed by atoms with Crippen LogP contribution in [0.2, 0.25) is 0 Å². The summed E-state index contributed by atoms with van der Waals surface area (Å²) in [5.74, 6) is 0.354. The van der Waals surface area contributed by atoms with E-state index in [0.29, 0.717) is 5.75 Å². The van der Waals surface area contributed by atoms with Crippen LogP contribution in [-0.2, 0) is 0 Å². The molecule has 0 saturated heterocycles. The number of nitrogens with zero attached hydrogens (tertiary/aromatic N) is 3. The van der Waals surface area contributed by atoms with Gasteiger partial charge >= 0.3 is 11.6 Å². The number of benzene rings is 2. The topological polar surface area (TPSA) is 102 Å². The molecule has 1 heterocycles. The first-order valence-electron chi connectivity index (χ1n) is 7.85. The Morgan fingerprint density at radius 3 is 2.35 bits per heavy atom. The maximum atomic E-state index is 11.6. The zero-order chi connectivity index (χ0) is 18.5. The predicted octanol–water partition coefficient (Wildman–Crippen LogP) is 4.23. The van der Waals surface area contributed by atoms with E-state index in [1.165, 1.54) is 6.33 Å². The van der Waals surface area contributed by atoms with Crippen molar-refractivity contribution in [3.63, 3.8) is 0 Å². The molecule has 8 nitrogen and oxygen atoms in total. The van der Waals surface area contributed by atoms with E-state index in [-0.39, 0.29) is 17.4 Å². The molecule has 8 heteroatoms. The Hall–Kier alpha value is -3.68. The highest BCUT2D eigenvalue weighted by Gasteiger charge is 2.25. The number of ether oxygens (including phenoxy) is 1. The Morgan fingerprint density at radius 1 is 1.00 bits per heavy atom. The van der Waals surface area contributed by atoms with Gasteiger partial charge in [0.1, 0.15) is 12.1 Å². The summed E-state index contributed by atoms with van der Waals surface area (Å²) in [5, 5.41) is 11.6. The molecule has 0 fully saturated rings. The summed E-state index contributed by atoms with van der Waals surface area (Å²) in [7, 11) is 0. The van der Waals surface area contributed by atoms with E-state index in [9.17, 15) is 10.1 Å². The van der Waals surface area contributed by atoms with Gasteiger partial charge in [0, 0.05) is 0 Å². The molecule has 3 aromatic rings. The SMILES string of the molecule is Cc1cc(C)cc(Oc2ncnc(NNc3ccccc3)c2[N+](=O)[O-])c1. The molecule has 0 aliphatic heterocycles. The van der Waals surface area contributed by atoms with E-state index >= 15 is 0 Å². The number of nitrogens with one attached hydrogen (secondary N) is 2. The van der Waals surface area contributed by atoms with Crippen LogP contribution in [0.15, 0.2) is 54.9 Å². The minimum absolute atomic E-state index is 0.00762. The molecule has 2 aromatic carbocycles. The van der Waals surface area contributed by atoms with Crippen LogP contribution in [0.3, 0.4) is 0 Å². The van der Waals surface area contributed by atoms with E-state index in [1.54, 1.807) is 12.1 Å². The van der Waals surface area contributed by atoms with Crippen LogP contribution in [0.4, 0.5) is 17.2 Å². The second-order valence-electron chi connectivity index (χ2n) is 5.67. The predicted molar refractivity (Wildman–Crippen MR) is 98.4 cm³/mol. The summed E-state index contributed by atoms with van der Waals surface area (Å²) in [4.78, 5) is 18.9. The van der Waals surface area contributed by atoms with E-state index in [1.807, 2.05) is 50.2 Å². The number of hydrogen-bond acceptors (Lipinski definition) is 7. The molecule has 0 radical (unpaired) electrons. The number of aryl methyl sites for hydroxylation is 2. The molecule has 0 spiro atoms. The molecule has 2 N–H and O–H groups in total. The van der Waals surface area contributed by atoms with E-state index in [4.69, 9.17) is 4.74 Å². The Labute approximate surface area is 150 Å². The molecule has 0 atom stereocenters. The highest BCUT2D eigenvalue weighted by atomic mass is 16.6. The van der Waals surface area contributed by atoms with Gasteiger partial charge in [0.25, 0.3) is 0 Å². The third kappa shape index (κ3) is 4.04. The Balaban J connectivity index is 1.89. The smallest absolute Gasteiger partial charge is 0.374 e. The first-order valence-corrected chi connectivity index (χ1v) is 7.85. The lowest BCUT2D eigenvalue weighted by atomic mass is 10.1. The summed E-state index contributed by atoms with van der Waals surface area (Å²) < 4.78 is 5.66. The standard InChI is InChI=1S/C18H17N5O3/c1-12-8-13(2)10-15(9-12)26-18-16(23(24)25)17(19-11-20-18)22-21-14-6-4-3-5-7-14/h3-11,21H,1-2H3,(H,19,20,22). The fourth-order valence-electron chi connectivity index (χ4n) is 2.45. The first kappa shape index (κ1) is 17.2. The molecule has 0 amide bonds. The zero-order valence-electron chi connectivity index (χ0n) is 14.3. The Kier molecular flexibility index (Phi) is 4.93. The van der Waals surface area contributed by atoms with Crippen molar-refractivity contribution in [3.8, 4) is 11.6 Å². The van der Waals surface area contributed by atoms with Gasteiger partial charge in [-0.05, 0) is 49.2 Å². The van der Waals surface area contributed by atoms with Gasteiger partial charge in [-0.1, -0.05) is 24.3 Å². The van der Waals surface area contributed by atoms with Gasteiger partial charge in [-0.2, -0.15) is 4.98 Å². The van der Waals surface area contributed by atoms with Crippen molar-refractivity contribution in [1.82, 2.24) is 9.97 Å². The van der Waals surface area contributed by atoms with Crippen LogP contribution in [0.1, 0.15) is 11.1 Å². The maximum absolute atomic E-state index is 11.6. The highest BCUT2D eigenvalue weighted by molar-refractivity contribution is 5.64. The number of hydrogen-bond donors (Lipinski definition) is 2. The summed E-state index contributed by atoms with van der Waals surface area (Å²) in [6.45, 7) is 3.84. The van der Waals surface area contributed by atoms with Crippen LogP contribution in [-0.4, -0.2) is 14.9 Å². The van der Waals surface area contributed by atoms with Crippen LogP contribution < -0.4 is 15.6 Å². The van der Waals surface area contributed by atoms with Crippen molar-refractivity contribution in [3.05, 3.63) is 76.1 Å². The van der Waals surface area contributed by atoms with E-state index in [0.717, 1.165) is 16.8 Å². The second kappa shape index (κ2) is 7.47. The zero-order valence-corrected chi connectivity index (χ0v) is 14.3. The lowest BCUT2D eigenvalue weighted by Crippen LogP contribution is -2.12. The van der Waals surface area contributed by atoms with Crippen molar-refractivity contribution in [2.45, 2.75) is 13.8 Å². The lowest BCUT2D eigenvalue weighted by molar-refractivity contribution is -0.385. The summed E-state index contributed by atoms with van der Waals surface area (Å²) in [6, 6.07) is 14.7. The van der Waals surface area contributed by atoms with Crippen molar-refractivity contribution >= 4 is 17.2 Å². The minimum Gasteiger partial charge on any atom is -0.434 e. The lowest BCUT2D eigenvalue weighted by Gasteiger charge is -2.11. The highest BCUT2D eigenvalue weighted by Crippen LogP contribution is 2.34. The van der Waals surface area contributed by atoms with Gasteiger partial charge in [-0.25, -0.2) is 4.98 Å². The third-order valence-corrected chi connectivity index (χ3v) is 3.48. The van der Waals surface area contributed by atoms with Gasteiger partial charge in [0.2, 0.25) is 5.82 Å². The molecule has 0 bridgehead atoms. The number of hydrazine groups is 1. The largest absolute Gasteiger partial charge is 0.434 e. The van der Waals surface area contributed by atoms with Crippen LogP contribution >= 0.6 is 0 Å². The normalized spacial score (nSPS) is 10.2. The minimum atomic E-state index is -0.576. The molecule has 1 aromatic heterocycles. The second-order valence-corrected chi connectivity index (χ2v) is 5.67. The number of anilines is 2. The fourth-order valence-corrected chi connectivity index (χ4v) is 2.45. The van der Waals surface area contributed by atoms with Gasteiger partial charge in [-0.15, -0.1) is 0 Å². The molecular formula is C18H17N5O3. The summed E-state index contributed by atoms with van der Waals surface area (Å²) in [5.41, 5.74) is 7.96. The van der Waals surface area contributed by atoms with Gasteiger partial charge in [-0.3, -0.25) is 21.0 Å². The molecule has 132 valence electrons. The summed E-state index contributed by atoms with van der Waals surface area (Å²) in [6.07, 6.45) is 1.21. The molecule has 0 aliphatic rings. The molecule has 3 rings (SSSR count). The van der Waals surface area contributed by atoms with E-state index in [2.05, 4.69) is 20.8 Å². The van der Waals surface area contributed by atoms with Crippen LogP contribution in [0.25, 0.3) is 0 Å². The third-order valence-electron chi connectivity index (χ3n) is 3.48. The number of nitro groups is 1. The van der Waals surface area contributed by atoms with Crippen LogP contribution in [0, 0.1) is 24.0 Å². The van der Waals surface area contributed by atoms with Crippen molar-refractivity contribution in [2.75, 3.05) is 10.9 Å². The quantitative estimate of drug-likeness (QED) is 0.506. The molecule has 26 heavy (non-hydrogen) atoms.